The standard InChI is InChI=1S/C31H32N2O4S/c1-5-36-29(34)26-9-7-8-25(18-26)23-14-16-24(17-15-23)28-27(30(35)37-6-2)21(4)32-31(33-28)38-19-22-12-10-20(3)11-13-22/h7-18,28H,5-6,19H2,1-4H3,(H,32,33). The van der Waals surface area contributed by atoms with Gasteiger partial charge in [0.05, 0.1) is 24.4 Å². The van der Waals surface area contributed by atoms with E-state index in [1.807, 2.05) is 49.4 Å². The number of rotatable bonds is 8. The second-order valence-electron chi connectivity index (χ2n) is 8.92. The lowest BCUT2D eigenvalue weighted by molar-refractivity contribution is -0.138. The van der Waals surface area contributed by atoms with Crippen LogP contribution in [0.1, 0.15) is 53.9 Å². The lowest BCUT2D eigenvalue weighted by Crippen LogP contribution is -2.30. The molecule has 196 valence electrons. The molecule has 0 bridgehead atoms. The number of aryl methyl sites for hydroxylation is 1. The molecule has 0 saturated heterocycles. The van der Waals surface area contributed by atoms with E-state index in [2.05, 4.69) is 36.5 Å². The number of thioether (sulfide) groups is 1. The van der Waals surface area contributed by atoms with Gasteiger partial charge in [0.1, 0.15) is 6.04 Å². The Morgan fingerprint density at radius 1 is 0.868 bits per heavy atom. The highest BCUT2D eigenvalue weighted by atomic mass is 32.2. The van der Waals surface area contributed by atoms with Crippen molar-refractivity contribution in [1.29, 1.82) is 0 Å². The van der Waals surface area contributed by atoms with E-state index < -0.39 is 6.04 Å². The lowest BCUT2D eigenvalue weighted by Gasteiger charge is -2.26. The Hall–Kier alpha value is -3.84. The molecule has 0 aliphatic carbocycles. The Morgan fingerprint density at radius 3 is 2.24 bits per heavy atom. The zero-order valence-electron chi connectivity index (χ0n) is 22.1. The quantitative estimate of drug-likeness (QED) is 0.332. The van der Waals surface area contributed by atoms with Gasteiger partial charge in [0.15, 0.2) is 5.17 Å². The highest BCUT2D eigenvalue weighted by Crippen LogP contribution is 2.34. The fourth-order valence-corrected chi connectivity index (χ4v) is 5.07. The average Bonchev–Trinajstić information content (AvgIpc) is 2.93. The number of esters is 2. The molecule has 1 N–H and O–H groups in total. The molecule has 0 fully saturated rings. The molecule has 1 atom stereocenters. The van der Waals surface area contributed by atoms with Crippen molar-refractivity contribution < 1.29 is 19.1 Å². The number of hydrogen-bond acceptors (Lipinski definition) is 7. The maximum absolute atomic E-state index is 12.9. The maximum Gasteiger partial charge on any atom is 0.338 e. The molecule has 1 aliphatic rings. The molecule has 1 aliphatic heterocycles. The summed E-state index contributed by atoms with van der Waals surface area (Å²) in [4.78, 5) is 30.0. The first kappa shape index (κ1) is 27.2. The minimum atomic E-state index is -0.490. The summed E-state index contributed by atoms with van der Waals surface area (Å²) >= 11 is 1.60. The van der Waals surface area contributed by atoms with Crippen LogP contribution in [0.4, 0.5) is 0 Å². The van der Waals surface area contributed by atoms with Crippen LogP contribution in [-0.4, -0.2) is 30.3 Å². The number of carbonyl (C=O) groups excluding carboxylic acids is 2. The van der Waals surface area contributed by atoms with Gasteiger partial charge in [0, 0.05) is 11.4 Å². The number of nitrogens with one attached hydrogen (secondary N) is 1. The van der Waals surface area contributed by atoms with Gasteiger partial charge < -0.3 is 14.8 Å². The molecular weight excluding hydrogens is 496 g/mol. The molecule has 0 saturated carbocycles. The van der Waals surface area contributed by atoms with Crippen LogP contribution in [0, 0.1) is 6.92 Å². The molecule has 0 amide bonds. The number of carbonyl (C=O) groups is 2. The van der Waals surface area contributed by atoms with Gasteiger partial charge in [-0.3, -0.25) is 0 Å². The van der Waals surface area contributed by atoms with Gasteiger partial charge in [-0.05, 0) is 62.1 Å². The molecule has 1 unspecified atom stereocenters. The SMILES string of the molecule is CCOC(=O)C1=C(C)NC(SCc2ccc(C)cc2)=NC1c1ccc(-c2cccc(C(=O)OCC)c2)cc1. The minimum Gasteiger partial charge on any atom is -0.463 e. The first-order valence-electron chi connectivity index (χ1n) is 12.7. The zero-order chi connectivity index (χ0) is 27.1. The van der Waals surface area contributed by atoms with Gasteiger partial charge in [-0.1, -0.05) is 78.0 Å². The third kappa shape index (κ3) is 6.53. The van der Waals surface area contributed by atoms with Crippen molar-refractivity contribution in [2.45, 2.75) is 39.5 Å². The Kier molecular flexibility index (Phi) is 9.02. The van der Waals surface area contributed by atoms with E-state index in [-0.39, 0.29) is 18.5 Å². The fraction of sp³-hybridized carbons (Fsp3) is 0.258. The summed E-state index contributed by atoms with van der Waals surface area (Å²) in [5.74, 6) is 0.0433. The summed E-state index contributed by atoms with van der Waals surface area (Å²) in [5, 5.41) is 4.06. The van der Waals surface area contributed by atoms with Crippen LogP contribution < -0.4 is 5.32 Å². The second-order valence-corrected chi connectivity index (χ2v) is 9.88. The molecule has 1 heterocycles. The number of amidine groups is 1. The fourth-order valence-electron chi connectivity index (χ4n) is 4.17. The third-order valence-electron chi connectivity index (χ3n) is 6.14. The summed E-state index contributed by atoms with van der Waals surface area (Å²) in [5.41, 5.74) is 6.91. The Labute approximate surface area is 228 Å². The van der Waals surface area contributed by atoms with Gasteiger partial charge in [-0.15, -0.1) is 0 Å². The molecule has 3 aromatic carbocycles. The molecule has 38 heavy (non-hydrogen) atoms. The number of hydrogen-bond donors (Lipinski definition) is 1. The van der Waals surface area contributed by atoms with Crippen LogP contribution in [0.2, 0.25) is 0 Å². The zero-order valence-corrected chi connectivity index (χ0v) is 22.9. The molecular formula is C31H32N2O4S. The van der Waals surface area contributed by atoms with Crippen molar-refractivity contribution in [1.82, 2.24) is 5.32 Å². The lowest BCUT2D eigenvalue weighted by atomic mass is 9.94. The number of benzene rings is 3. The topological polar surface area (TPSA) is 77.0 Å². The highest BCUT2D eigenvalue weighted by molar-refractivity contribution is 8.13. The predicted octanol–water partition coefficient (Wildman–Crippen LogP) is 6.61. The smallest absolute Gasteiger partial charge is 0.338 e. The third-order valence-corrected chi connectivity index (χ3v) is 7.10. The van der Waals surface area contributed by atoms with E-state index in [1.54, 1.807) is 31.7 Å². The molecule has 7 heteroatoms. The first-order chi connectivity index (χ1) is 18.4. The number of ether oxygens (including phenoxy) is 2. The van der Waals surface area contributed by atoms with Gasteiger partial charge in [0.25, 0.3) is 0 Å². The number of allylic oxidation sites excluding steroid dienone is 1. The van der Waals surface area contributed by atoms with Gasteiger partial charge in [-0.25, -0.2) is 14.6 Å². The van der Waals surface area contributed by atoms with Gasteiger partial charge in [-0.2, -0.15) is 0 Å². The van der Waals surface area contributed by atoms with Gasteiger partial charge >= 0.3 is 11.9 Å². The van der Waals surface area contributed by atoms with Crippen molar-refractivity contribution in [2.24, 2.45) is 4.99 Å². The normalized spacial score (nSPS) is 14.9. The Morgan fingerprint density at radius 2 is 1.55 bits per heavy atom. The molecule has 3 aromatic rings. The molecule has 4 rings (SSSR count). The van der Waals surface area contributed by atoms with E-state index in [1.165, 1.54) is 11.1 Å². The van der Waals surface area contributed by atoms with E-state index in [9.17, 15) is 9.59 Å². The van der Waals surface area contributed by atoms with Gasteiger partial charge in [0.2, 0.25) is 0 Å². The van der Waals surface area contributed by atoms with Crippen LogP contribution >= 0.6 is 11.8 Å². The molecule has 0 aromatic heterocycles. The van der Waals surface area contributed by atoms with Crippen LogP contribution in [-0.2, 0) is 20.0 Å². The molecule has 0 radical (unpaired) electrons. The van der Waals surface area contributed by atoms with E-state index in [0.717, 1.165) is 33.3 Å². The Bertz CT molecular complexity index is 1360. The van der Waals surface area contributed by atoms with Crippen molar-refractivity contribution in [3.63, 3.8) is 0 Å². The van der Waals surface area contributed by atoms with Crippen molar-refractivity contribution in [2.75, 3.05) is 13.2 Å². The maximum atomic E-state index is 12.9. The summed E-state index contributed by atoms with van der Waals surface area (Å²) in [6.45, 7) is 8.16. The summed E-state index contributed by atoms with van der Waals surface area (Å²) in [7, 11) is 0. The van der Waals surface area contributed by atoms with Crippen LogP contribution in [0.5, 0.6) is 0 Å². The van der Waals surface area contributed by atoms with Crippen LogP contribution in [0.15, 0.2) is 89.1 Å². The van der Waals surface area contributed by atoms with Crippen LogP contribution in [0.25, 0.3) is 11.1 Å². The van der Waals surface area contributed by atoms with E-state index in [0.29, 0.717) is 17.7 Å². The van der Waals surface area contributed by atoms with Crippen molar-refractivity contribution in [3.05, 3.63) is 106 Å². The number of nitrogens with zero attached hydrogens (tertiary/aromatic N) is 1. The summed E-state index contributed by atoms with van der Waals surface area (Å²) < 4.78 is 10.5. The van der Waals surface area contributed by atoms with E-state index >= 15 is 0 Å². The molecule has 0 spiro atoms. The monoisotopic (exact) mass is 528 g/mol. The van der Waals surface area contributed by atoms with E-state index in [4.69, 9.17) is 14.5 Å². The Balaban J connectivity index is 1.61. The minimum absolute atomic E-state index is 0.289. The number of aliphatic imine (C=N–C) groups is 1. The highest BCUT2D eigenvalue weighted by Gasteiger charge is 2.30. The largest absolute Gasteiger partial charge is 0.463 e. The first-order valence-corrected chi connectivity index (χ1v) is 13.7. The predicted molar refractivity (Wildman–Crippen MR) is 153 cm³/mol. The second kappa shape index (κ2) is 12.6. The van der Waals surface area contributed by atoms with Crippen molar-refractivity contribution >= 4 is 28.9 Å². The average molecular weight is 529 g/mol. The summed E-state index contributed by atoms with van der Waals surface area (Å²) in [6, 6.07) is 23.2. The molecule has 6 nitrogen and oxygen atoms in total. The summed E-state index contributed by atoms with van der Waals surface area (Å²) in [6.07, 6.45) is 0. The van der Waals surface area contributed by atoms with Crippen LogP contribution in [0.3, 0.4) is 0 Å². The van der Waals surface area contributed by atoms with Crippen molar-refractivity contribution in [3.8, 4) is 11.1 Å².